The maximum atomic E-state index is 11.9. The van der Waals surface area contributed by atoms with Crippen LogP contribution >= 0.6 is 0 Å². The van der Waals surface area contributed by atoms with Gasteiger partial charge in [-0.1, -0.05) is 36.4 Å². The van der Waals surface area contributed by atoms with E-state index in [1.807, 2.05) is 30.3 Å². The van der Waals surface area contributed by atoms with Gasteiger partial charge >= 0.3 is 0 Å². The van der Waals surface area contributed by atoms with Crippen LogP contribution in [0.15, 0.2) is 48.2 Å². The topological polar surface area (TPSA) is 71.4 Å². The maximum absolute atomic E-state index is 11.9. The summed E-state index contributed by atoms with van der Waals surface area (Å²) in [5.41, 5.74) is 1.54. The summed E-state index contributed by atoms with van der Waals surface area (Å²) in [6.07, 6.45) is 4.13. The van der Waals surface area contributed by atoms with Crippen molar-refractivity contribution in [1.82, 2.24) is 0 Å². The van der Waals surface area contributed by atoms with Crippen LogP contribution in [0.25, 0.3) is 5.57 Å². The molecule has 0 radical (unpaired) electrons. The number of benzene rings is 1. The van der Waals surface area contributed by atoms with Crippen molar-refractivity contribution >= 4 is 21.7 Å². The standard InChI is InChI=1S/C14H14O4S/c1-19(17,18)14(10-15)9-12(7-8-13(14)16)11-5-3-2-4-6-11/h2-8,10,16H,9H2,1H3. The molecule has 0 fully saturated rings. The molecule has 1 atom stereocenters. The second-order valence-electron chi connectivity index (χ2n) is 4.57. The van der Waals surface area contributed by atoms with E-state index in [2.05, 4.69) is 0 Å². The average Bonchev–Trinajstić information content (AvgIpc) is 2.39. The highest BCUT2D eigenvalue weighted by Gasteiger charge is 2.47. The maximum Gasteiger partial charge on any atom is 0.187 e. The van der Waals surface area contributed by atoms with Gasteiger partial charge in [-0.3, -0.25) is 0 Å². The van der Waals surface area contributed by atoms with E-state index < -0.39 is 20.3 Å². The number of hydrogen-bond donors (Lipinski definition) is 1. The van der Waals surface area contributed by atoms with E-state index in [0.29, 0.717) is 11.9 Å². The average molecular weight is 278 g/mol. The van der Waals surface area contributed by atoms with Gasteiger partial charge in [0.2, 0.25) is 0 Å². The van der Waals surface area contributed by atoms with Crippen molar-refractivity contribution in [3.63, 3.8) is 0 Å². The highest BCUT2D eigenvalue weighted by atomic mass is 32.2. The van der Waals surface area contributed by atoms with Crippen molar-refractivity contribution in [2.75, 3.05) is 6.26 Å². The van der Waals surface area contributed by atoms with Gasteiger partial charge in [0.1, 0.15) is 12.0 Å². The number of rotatable bonds is 3. The van der Waals surface area contributed by atoms with E-state index in [0.717, 1.165) is 11.8 Å². The van der Waals surface area contributed by atoms with E-state index in [4.69, 9.17) is 0 Å². The van der Waals surface area contributed by atoms with Crippen molar-refractivity contribution in [2.45, 2.75) is 11.2 Å². The third-order valence-electron chi connectivity index (χ3n) is 3.33. The molecule has 0 heterocycles. The molecular formula is C14H14O4S. The molecule has 0 saturated heterocycles. The minimum atomic E-state index is -3.75. The van der Waals surface area contributed by atoms with Gasteiger partial charge in [0.05, 0.1) is 0 Å². The van der Waals surface area contributed by atoms with Crippen molar-refractivity contribution in [3.05, 3.63) is 53.8 Å². The molecular weight excluding hydrogens is 264 g/mol. The predicted octanol–water partition coefficient (Wildman–Crippen LogP) is 1.90. The smallest absolute Gasteiger partial charge is 0.187 e. The summed E-state index contributed by atoms with van der Waals surface area (Å²) in [6, 6.07) is 9.18. The van der Waals surface area contributed by atoms with Crippen molar-refractivity contribution < 1.29 is 18.3 Å². The first-order valence-electron chi connectivity index (χ1n) is 5.72. The lowest BCUT2D eigenvalue weighted by atomic mass is 9.89. The van der Waals surface area contributed by atoms with Gasteiger partial charge in [-0.2, -0.15) is 0 Å². The molecule has 1 aliphatic rings. The zero-order valence-electron chi connectivity index (χ0n) is 10.4. The molecule has 0 aromatic heterocycles. The SMILES string of the molecule is CS(=O)(=O)C1(C=O)CC(c2ccccc2)=CC=C1O. The summed E-state index contributed by atoms with van der Waals surface area (Å²) >= 11 is 0. The predicted molar refractivity (Wildman–Crippen MR) is 73.4 cm³/mol. The molecule has 0 bridgehead atoms. The number of aliphatic hydroxyl groups excluding tert-OH is 1. The zero-order valence-corrected chi connectivity index (χ0v) is 11.2. The summed E-state index contributed by atoms with van der Waals surface area (Å²) in [4.78, 5) is 11.3. The van der Waals surface area contributed by atoms with Gasteiger partial charge in [-0.25, -0.2) is 8.42 Å². The molecule has 0 saturated carbocycles. The number of aldehydes is 1. The summed E-state index contributed by atoms with van der Waals surface area (Å²) in [5, 5.41) is 9.83. The van der Waals surface area contributed by atoms with Gasteiger partial charge in [0.25, 0.3) is 0 Å². The van der Waals surface area contributed by atoms with E-state index in [1.54, 1.807) is 6.08 Å². The quantitative estimate of drug-likeness (QED) is 0.857. The number of carbonyl (C=O) groups excluding carboxylic acids is 1. The number of hydrogen-bond acceptors (Lipinski definition) is 4. The number of sulfone groups is 1. The molecule has 1 aromatic rings. The largest absolute Gasteiger partial charge is 0.510 e. The van der Waals surface area contributed by atoms with Crippen LogP contribution in [0.3, 0.4) is 0 Å². The van der Waals surface area contributed by atoms with E-state index in [1.165, 1.54) is 6.08 Å². The number of allylic oxidation sites excluding steroid dienone is 3. The molecule has 19 heavy (non-hydrogen) atoms. The normalized spacial score (nSPS) is 23.4. The highest BCUT2D eigenvalue weighted by molar-refractivity contribution is 7.93. The Morgan fingerprint density at radius 1 is 1.21 bits per heavy atom. The fraction of sp³-hybridized carbons (Fsp3) is 0.214. The fourth-order valence-corrected chi connectivity index (χ4v) is 3.15. The first-order valence-corrected chi connectivity index (χ1v) is 7.61. The second-order valence-corrected chi connectivity index (χ2v) is 6.84. The Labute approximate surface area is 112 Å². The molecule has 100 valence electrons. The Morgan fingerprint density at radius 3 is 2.37 bits per heavy atom. The summed E-state index contributed by atoms with van der Waals surface area (Å²) in [5.74, 6) is -0.426. The molecule has 0 aliphatic heterocycles. The molecule has 1 aromatic carbocycles. The molecule has 4 nitrogen and oxygen atoms in total. The lowest BCUT2D eigenvalue weighted by Gasteiger charge is -2.29. The highest BCUT2D eigenvalue weighted by Crippen LogP contribution is 2.37. The lowest BCUT2D eigenvalue weighted by Crippen LogP contribution is -2.43. The Kier molecular flexibility index (Phi) is 3.32. The number of carbonyl (C=O) groups is 1. The van der Waals surface area contributed by atoms with Crippen LogP contribution in [0.4, 0.5) is 0 Å². The van der Waals surface area contributed by atoms with Crippen molar-refractivity contribution in [1.29, 1.82) is 0 Å². The van der Waals surface area contributed by atoms with Gasteiger partial charge < -0.3 is 9.90 Å². The van der Waals surface area contributed by atoms with E-state index in [9.17, 15) is 18.3 Å². The fourth-order valence-electron chi connectivity index (χ4n) is 2.11. The van der Waals surface area contributed by atoms with Gasteiger partial charge in [-0.15, -0.1) is 0 Å². The molecule has 5 heteroatoms. The lowest BCUT2D eigenvalue weighted by molar-refractivity contribution is -0.109. The molecule has 0 spiro atoms. The van der Waals surface area contributed by atoms with Crippen LogP contribution in [-0.4, -0.2) is 30.8 Å². The summed E-state index contributed by atoms with van der Waals surface area (Å²) < 4.78 is 21.9. The summed E-state index contributed by atoms with van der Waals surface area (Å²) in [7, 11) is -3.75. The van der Waals surface area contributed by atoms with E-state index >= 15 is 0 Å². The van der Waals surface area contributed by atoms with Crippen molar-refractivity contribution in [2.24, 2.45) is 0 Å². The molecule has 2 rings (SSSR count). The summed E-state index contributed by atoms with van der Waals surface area (Å²) in [6.45, 7) is 0. The Balaban J connectivity index is 2.53. The monoisotopic (exact) mass is 278 g/mol. The Hall–Kier alpha value is -1.88. The number of aliphatic hydroxyl groups is 1. The Morgan fingerprint density at radius 2 is 1.84 bits per heavy atom. The Bertz CT molecular complexity index is 656. The zero-order chi connectivity index (χ0) is 14.1. The van der Waals surface area contributed by atoms with Gasteiger partial charge in [-0.05, 0) is 17.2 Å². The van der Waals surface area contributed by atoms with E-state index in [-0.39, 0.29) is 6.42 Å². The molecule has 1 unspecified atom stereocenters. The molecule has 1 N–H and O–H groups in total. The van der Waals surface area contributed by atoms with Crippen LogP contribution in [0.1, 0.15) is 12.0 Å². The van der Waals surface area contributed by atoms with Crippen LogP contribution in [0.5, 0.6) is 0 Å². The van der Waals surface area contributed by atoms with Crippen LogP contribution in [-0.2, 0) is 14.6 Å². The van der Waals surface area contributed by atoms with Crippen LogP contribution in [0, 0.1) is 0 Å². The third-order valence-corrected chi connectivity index (χ3v) is 5.10. The first-order chi connectivity index (χ1) is 8.90. The first kappa shape index (κ1) is 13.5. The van der Waals surface area contributed by atoms with Gasteiger partial charge in [0.15, 0.2) is 14.6 Å². The molecule has 1 aliphatic carbocycles. The third kappa shape index (κ3) is 2.21. The van der Waals surface area contributed by atoms with Crippen molar-refractivity contribution in [3.8, 4) is 0 Å². The van der Waals surface area contributed by atoms with Crippen LogP contribution < -0.4 is 0 Å². The minimum absolute atomic E-state index is 0.0539. The second kappa shape index (κ2) is 4.66. The minimum Gasteiger partial charge on any atom is -0.510 e. The molecule has 0 amide bonds. The van der Waals surface area contributed by atoms with Crippen LogP contribution in [0.2, 0.25) is 0 Å². The van der Waals surface area contributed by atoms with Gasteiger partial charge in [0, 0.05) is 12.7 Å².